The maximum absolute atomic E-state index is 4.50. The topological polar surface area (TPSA) is 36.8 Å². The fourth-order valence-corrected chi connectivity index (χ4v) is 2.75. The quantitative estimate of drug-likeness (QED) is 0.776. The molecular formula is C14H19N3. The molecule has 3 heteroatoms. The van der Waals surface area contributed by atoms with Crippen LogP contribution >= 0.6 is 0 Å². The van der Waals surface area contributed by atoms with E-state index in [0.717, 1.165) is 23.9 Å². The zero-order valence-corrected chi connectivity index (χ0v) is 10.3. The van der Waals surface area contributed by atoms with Gasteiger partial charge in [0.1, 0.15) is 5.82 Å². The van der Waals surface area contributed by atoms with E-state index in [2.05, 4.69) is 28.3 Å². The Morgan fingerprint density at radius 3 is 2.88 bits per heavy atom. The van der Waals surface area contributed by atoms with Gasteiger partial charge in [-0.15, -0.1) is 0 Å². The van der Waals surface area contributed by atoms with Crippen molar-refractivity contribution in [3.05, 3.63) is 23.7 Å². The molecule has 0 saturated heterocycles. The summed E-state index contributed by atoms with van der Waals surface area (Å²) < 4.78 is 0. The zero-order valence-electron chi connectivity index (χ0n) is 10.3. The Morgan fingerprint density at radius 2 is 2.06 bits per heavy atom. The fraction of sp³-hybridized carbons (Fsp3) is 0.571. The fourth-order valence-electron chi connectivity index (χ4n) is 2.75. The van der Waals surface area contributed by atoms with Crippen LogP contribution in [0.2, 0.25) is 0 Å². The molecule has 0 aromatic rings. The van der Waals surface area contributed by atoms with Gasteiger partial charge in [-0.3, -0.25) is 4.99 Å². The van der Waals surface area contributed by atoms with Gasteiger partial charge in [0.25, 0.3) is 0 Å². The van der Waals surface area contributed by atoms with Crippen LogP contribution in [0.1, 0.15) is 39.0 Å². The average Bonchev–Trinajstić information content (AvgIpc) is 2.81. The van der Waals surface area contributed by atoms with Gasteiger partial charge in [-0.2, -0.15) is 0 Å². The summed E-state index contributed by atoms with van der Waals surface area (Å²) in [6.45, 7) is 2.35. The van der Waals surface area contributed by atoms with Gasteiger partial charge >= 0.3 is 0 Å². The van der Waals surface area contributed by atoms with Gasteiger partial charge in [-0.1, -0.05) is 6.92 Å². The second-order valence-corrected chi connectivity index (χ2v) is 5.27. The number of nitrogens with one attached hydrogen (secondary N) is 1. The molecule has 0 spiro atoms. The minimum atomic E-state index is 0.596. The molecule has 0 amide bonds. The monoisotopic (exact) mass is 229 g/mol. The van der Waals surface area contributed by atoms with Crippen LogP contribution in [0, 0.1) is 5.92 Å². The van der Waals surface area contributed by atoms with Crippen molar-refractivity contribution in [3.8, 4) is 0 Å². The second kappa shape index (κ2) is 4.47. The van der Waals surface area contributed by atoms with Crippen LogP contribution in [-0.4, -0.2) is 18.0 Å². The van der Waals surface area contributed by atoms with E-state index in [1.807, 2.05) is 12.4 Å². The van der Waals surface area contributed by atoms with Crippen LogP contribution < -0.4 is 5.32 Å². The normalized spacial score (nSPS) is 31.5. The first-order valence-corrected chi connectivity index (χ1v) is 6.60. The van der Waals surface area contributed by atoms with Crippen molar-refractivity contribution >= 4 is 11.9 Å². The summed E-state index contributed by atoms with van der Waals surface area (Å²) in [5.74, 6) is 1.92. The molecule has 0 radical (unpaired) electrons. The summed E-state index contributed by atoms with van der Waals surface area (Å²) in [7, 11) is 0. The smallest absolute Gasteiger partial charge is 0.134 e. The number of allylic oxidation sites excluding steroid dienone is 2. The molecule has 17 heavy (non-hydrogen) atoms. The minimum absolute atomic E-state index is 0.596. The van der Waals surface area contributed by atoms with Crippen LogP contribution in [0.5, 0.6) is 0 Å². The van der Waals surface area contributed by atoms with Gasteiger partial charge in [0.2, 0.25) is 0 Å². The van der Waals surface area contributed by atoms with Crippen LogP contribution in [0.3, 0.4) is 0 Å². The summed E-state index contributed by atoms with van der Waals surface area (Å²) in [5.41, 5.74) is 2.36. The van der Waals surface area contributed by atoms with E-state index in [1.165, 1.54) is 31.3 Å². The zero-order chi connectivity index (χ0) is 11.7. The third-order valence-electron chi connectivity index (χ3n) is 3.90. The number of nitrogens with zero attached hydrogens (tertiary/aromatic N) is 2. The van der Waals surface area contributed by atoms with Gasteiger partial charge in [-0.05, 0) is 37.7 Å². The summed E-state index contributed by atoms with van der Waals surface area (Å²) in [4.78, 5) is 8.86. The van der Waals surface area contributed by atoms with Crippen LogP contribution in [0.15, 0.2) is 33.7 Å². The Labute approximate surface area is 102 Å². The lowest BCUT2D eigenvalue weighted by atomic mass is 9.87. The molecule has 2 aliphatic heterocycles. The Kier molecular flexibility index (Phi) is 2.83. The molecular weight excluding hydrogens is 210 g/mol. The number of hydrogen-bond donors (Lipinski definition) is 1. The molecule has 2 heterocycles. The standard InChI is InChI=1S/C14H19N3/c1-10-2-4-11(5-3-10)17-14-12-6-8-15-13(12)7-9-16-14/h6,8-11,17H,2-5,7H2,1H3/t10-,11-. The molecule has 1 aliphatic carbocycles. The van der Waals surface area contributed by atoms with E-state index in [0.29, 0.717) is 6.04 Å². The number of hydrogen-bond acceptors (Lipinski definition) is 3. The van der Waals surface area contributed by atoms with E-state index >= 15 is 0 Å². The molecule has 0 unspecified atom stereocenters. The molecule has 0 aromatic heterocycles. The Balaban J connectivity index is 1.71. The minimum Gasteiger partial charge on any atom is -0.367 e. The maximum atomic E-state index is 4.50. The first-order chi connectivity index (χ1) is 8.33. The van der Waals surface area contributed by atoms with Crippen LogP contribution in [0.25, 0.3) is 0 Å². The van der Waals surface area contributed by atoms with Crippen molar-refractivity contribution in [2.75, 3.05) is 0 Å². The third kappa shape index (κ3) is 2.19. The third-order valence-corrected chi connectivity index (χ3v) is 3.90. The lowest BCUT2D eigenvalue weighted by molar-refractivity contribution is 0.320. The maximum Gasteiger partial charge on any atom is 0.134 e. The van der Waals surface area contributed by atoms with Crippen molar-refractivity contribution in [2.24, 2.45) is 15.9 Å². The van der Waals surface area contributed by atoms with E-state index in [9.17, 15) is 0 Å². The lowest BCUT2D eigenvalue weighted by Gasteiger charge is -2.28. The molecule has 0 atom stereocenters. The molecule has 1 fully saturated rings. The molecule has 90 valence electrons. The van der Waals surface area contributed by atoms with Crippen molar-refractivity contribution in [2.45, 2.75) is 45.1 Å². The summed E-state index contributed by atoms with van der Waals surface area (Å²) in [6, 6.07) is 0.596. The number of aliphatic imine (C=N–C) groups is 2. The van der Waals surface area contributed by atoms with E-state index in [-0.39, 0.29) is 0 Å². The van der Waals surface area contributed by atoms with E-state index < -0.39 is 0 Å². The Bertz CT molecular complexity index is 421. The van der Waals surface area contributed by atoms with Gasteiger partial charge in [0.05, 0.1) is 5.71 Å². The SMILES string of the molecule is C[C@H]1CC[C@H](NC2=C3C=CN=C3CC=N2)CC1. The highest BCUT2D eigenvalue weighted by Gasteiger charge is 2.22. The predicted molar refractivity (Wildman–Crippen MR) is 71.3 cm³/mol. The van der Waals surface area contributed by atoms with Gasteiger partial charge in [0, 0.05) is 30.5 Å². The molecule has 3 aliphatic rings. The summed E-state index contributed by atoms with van der Waals surface area (Å²) in [5, 5.41) is 3.60. The second-order valence-electron chi connectivity index (χ2n) is 5.27. The Morgan fingerprint density at radius 1 is 1.24 bits per heavy atom. The van der Waals surface area contributed by atoms with Crippen LogP contribution in [-0.2, 0) is 0 Å². The van der Waals surface area contributed by atoms with E-state index in [4.69, 9.17) is 0 Å². The van der Waals surface area contributed by atoms with Crippen molar-refractivity contribution in [3.63, 3.8) is 0 Å². The van der Waals surface area contributed by atoms with Crippen molar-refractivity contribution in [1.82, 2.24) is 5.32 Å². The summed E-state index contributed by atoms with van der Waals surface area (Å²) >= 11 is 0. The van der Waals surface area contributed by atoms with Crippen molar-refractivity contribution in [1.29, 1.82) is 0 Å². The van der Waals surface area contributed by atoms with Crippen molar-refractivity contribution < 1.29 is 0 Å². The molecule has 3 nitrogen and oxygen atoms in total. The molecule has 0 bridgehead atoms. The highest BCUT2D eigenvalue weighted by molar-refractivity contribution is 6.12. The molecule has 3 rings (SSSR count). The average molecular weight is 229 g/mol. The van der Waals surface area contributed by atoms with E-state index in [1.54, 1.807) is 0 Å². The van der Waals surface area contributed by atoms with Gasteiger partial charge < -0.3 is 5.32 Å². The highest BCUT2D eigenvalue weighted by Crippen LogP contribution is 2.26. The summed E-state index contributed by atoms with van der Waals surface area (Å²) in [6.07, 6.45) is 12.0. The van der Waals surface area contributed by atoms with Crippen LogP contribution in [0.4, 0.5) is 0 Å². The van der Waals surface area contributed by atoms with Gasteiger partial charge in [0.15, 0.2) is 0 Å². The Hall–Kier alpha value is -1.38. The number of rotatable bonds is 2. The number of fused-ring (bicyclic) bond motifs is 1. The molecule has 0 aromatic carbocycles. The highest BCUT2D eigenvalue weighted by atomic mass is 15.1. The molecule has 1 saturated carbocycles. The first kappa shape index (κ1) is 10.8. The predicted octanol–water partition coefficient (Wildman–Crippen LogP) is 2.81. The largest absolute Gasteiger partial charge is 0.367 e. The molecule has 1 N–H and O–H groups in total. The first-order valence-electron chi connectivity index (χ1n) is 6.60. The lowest BCUT2D eigenvalue weighted by Crippen LogP contribution is -2.33. The van der Waals surface area contributed by atoms with Gasteiger partial charge in [-0.25, -0.2) is 4.99 Å².